The summed E-state index contributed by atoms with van der Waals surface area (Å²) in [7, 11) is 0. The first kappa shape index (κ1) is 16.9. The Balaban J connectivity index is 1.28. The van der Waals surface area contributed by atoms with Crippen molar-refractivity contribution in [1.29, 1.82) is 0 Å². The summed E-state index contributed by atoms with van der Waals surface area (Å²) in [5.74, 6) is 0.200. The first-order valence-electron chi connectivity index (χ1n) is 9.36. The second-order valence-electron chi connectivity index (χ2n) is 7.11. The molecule has 3 nitrogen and oxygen atoms in total. The maximum absolute atomic E-state index is 13.0. The molecule has 0 saturated carbocycles. The van der Waals surface area contributed by atoms with Crippen molar-refractivity contribution in [2.24, 2.45) is 0 Å². The molecule has 136 valence electrons. The lowest BCUT2D eigenvalue weighted by Crippen LogP contribution is -3.13. The molecule has 0 radical (unpaired) electrons. The maximum atomic E-state index is 13.0. The molecular weight excluding hydrogens is 372 g/mol. The lowest BCUT2D eigenvalue weighted by Gasteiger charge is -2.32. The van der Waals surface area contributed by atoms with E-state index in [1.54, 1.807) is 27.6 Å². The molecule has 0 aliphatic carbocycles. The number of piperazine rings is 1. The Bertz CT molecular complexity index is 1090. The summed E-state index contributed by atoms with van der Waals surface area (Å²) < 4.78 is 3.79. The van der Waals surface area contributed by atoms with Crippen molar-refractivity contribution in [2.75, 3.05) is 26.2 Å². The van der Waals surface area contributed by atoms with Gasteiger partial charge in [-0.05, 0) is 12.1 Å². The van der Waals surface area contributed by atoms with Crippen LogP contribution in [-0.2, 0) is 6.54 Å². The fraction of sp³-hybridized carbons (Fsp3) is 0.227. The minimum absolute atomic E-state index is 0.200. The Morgan fingerprint density at radius 2 is 1.67 bits per heavy atom. The highest BCUT2D eigenvalue weighted by Gasteiger charge is 2.26. The third kappa shape index (κ3) is 3.27. The van der Waals surface area contributed by atoms with Crippen LogP contribution in [0.1, 0.15) is 15.2 Å². The van der Waals surface area contributed by atoms with E-state index in [4.69, 9.17) is 0 Å². The average molecular weight is 394 g/mol. The third-order valence-electron chi connectivity index (χ3n) is 5.32. The van der Waals surface area contributed by atoms with E-state index < -0.39 is 0 Å². The first-order valence-corrected chi connectivity index (χ1v) is 11.0. The summed E-state index contributed by atoms with van der Waals surface area (Å²) in [6, 6.07) is 21.2. The first-order chi connectivity index (χ1) is 13.3. The zero-order chi connectivity index (χ0) is 18.2. The molecule has 2 aromatic carbocycles. The van der Waals surface area contributed by atoms with Crippen molar-refractivity contribution < 1.29 is 9.69 Å². The quantitative estimate of drug-likeness (QED) is 0.565. The molecule has 5 heteroatoms. The second-order valence-corrected chi connectivity index (χ2v) is 9.24. The number of hydrogen-bond donors (Lipinski definition) is 1. The van der Waals surface area contributed by atoms with Gasteiger partial charge in [0.15, 0.2) is 0 Å². The fourth-order valence-corrected chi connectivity index (χ4v) is 6.34. The van der Waals surface area contributed by atoms with Crippen molar-refractivity contribution in [3.63, 3.8) is 0 Å². The molecule has 1 fully saturated rings. The van der Waals surface area contributed by atoms with E-state index in [0.717, 1.165) is 37.6 Å². The molecular formula is C22H21N2OS2+. The van der Waals surface area contributed by atoms with E-state index in [1.165, 1.54) is 25.0 Å². The molecule has 1 aliphatic rings. The van der Waals surface area contributed by atoms with Gasteiger partial charge in [0.2, 0.25) is 0 Å². The number of amides is 1. The highest BCUT2D eigenvalue weighted by molar-refractivity contribution is 7.33. The minimum Gasteiger partial charge on any atom is -0.328 e. The Morgan fingerprint density at radius 1 is 0.926 bits per heavy atom. The highest BCUT2D eigenvalue weighted by Crippen LogP contribution is 2.39. The standard InChI is InChI=1S/C22H20N2OS2/c25-22(20-14-19-21(27-20)17-8-4-5-9-18(17)26-19)24-12-10-23(11-13-24)15-16-6-2-1-3-7-16/h1-9,14H,10-13,15H2/p+1. The van der Waals surface area contributed by atoms with Crippen LogP contribution in [0.5, 0.6) is 0 Å². The van der Waals surface area contributed by atoms with Crippen molar-refractivity contribution in [2.45, 2.75) is 6.54 Å². The summed E-state index contributed by atoms with van der Waals surface area (Å²) in [4.78, 5) is 17.5. The van der Waals surface area contributed by atoms with Gasteiger partial charge in [-0.2, -0.15) is 0 Å². The molecule has 3 heterocycles. The van der Waals surface area contributed by atoms with Gasteiger partial charge in [0.25, 0.3) is 5.91 Å². The van der Waals surface area contributed by atoms with Crippen LogP contribution in [0.2, 0.25) is 0 Å². The van der Waals surface area contributed by atoms with Gasteiger partial charge in [0.1, 0.15) is 6.54 Å². The molecule has 0 atom stereocenters. The van der Waals surface area contributed by atoms with Gasteiger partial charge < -0.3 is 9.80 Å². The minimum atomic E-state index is 0.200. The van der Waals surface area contributed by atoms with Crippen molar-refractivity contribution >= 4 is 48.1 Å². The molecule has 0 spiro atoms. The number of fused-ring (bicyclic) bond motifs is 3. The largest absolute Gasteiger partial charge is 0.328 e. The van der Waals surface area contributed by atoms with Gasteiger partial charge in [-0.15, -0.1) is 22.7 Å². The van der Waals surface area contributed by atoms with E-state index >= 15 is 0 Å². The predicted octanol–water partition coefficient (Wildman–Crippen LogP) is 3.66. The Hall–Kier alpha value is -2.21. The monoisotopic (exact) mass is 393 g/mol. The van der Waals surface area contributed by atoms with Crippen LogP contribution < -0.4 is 4.90 Å². The number of thiophene rings is 2. The molecule has 1 aliphatic heterocycles. The number of rotatable bonds is 3. The van der Waals surface area contributed by atoms with Gasteiger partial charge >= 0.3 is 0 Å². The highest BCUT2D eigenvalue weighted by atomic mass is 32.1. The zero-order valence-electron chi connectivity index (χ0n) is 15.0. The molecule has 2 aromatic heterocycles. The summed E-state index contributed by atoms with van der Waals surface area (Å²) in [5.41, 5.74) is 1.37. The molecule has 5 rings (SSSR count). The van der Waals surface area contributed by atoms with Crippen LogP contribution in [0.4, 0.5) is 0 Å². The topological polar surface area (TPSA) is 24.8 Å². The van der Waals surface area contributed by atoms with Gasteiger partial charge in [0.05, 0.1) is 35.8 Å². The van der Waals surface area contributed by atoms with Gasteiger partial charge in [-0.25, -0.2) is 0 Å². The number of carbonyl (C=O) groups excluding carboxylic acids is 1. The second kappa shape index (κ2) is 7.08. The molecule has 0 bridgehead atoms. The molecule has 1 saturated heterocycles. The van der Waals surface area contributed by atoms with Crippen LogP contribution in [0, 0.1) is 0 Å². The van der Waals surface area contributed by atoms with Gasteiger partial charge in [-0.3, -0.25) is 4.79 Å². The molecule has 0 unspecified atom stereocenters. The number of carbonyl (C=O) groups is 1. The summed E-state index contributed by atoms with van der Waals surface area (Å²) in [5, 5.41) is 1.28. The Labute approximate surface area is 166 Å². The number of nitrogens with zero attached hydrogens (tertiary/aromatic N) is 1. The van der Waals surface area contributed by atoms with Crippen molar-refractivity contribution in [1.82, 2.24) is 4.90 Å². The van der Waals surface area contributed by atoms with E-state index in [1.807, 2.05) is 4.90 Å². The SMILES string of the molecule is O=C(c1cc2sc3ccccc3c2s1)N1CC[NH+](Cc2ccccc2)CC1. The van der Waals surface area contributed by atoms with Crippen molar-refractivity contribution in [3.05, 3.63) is 71.1 Å². The van der Waals surface area contributed by atoms with Gasteiger partial charge in [0, 0.05) is 20.3 Å². The Morgan fingerprint density at radius 3 is 2.48 bits per heavy atom. The number of nitrogens with one attached hydrogen (secondary N) is 1. The summed E-state index contributed by atoms with van der Waals surface area (Å²) in [6.07, 6.45) is 0. The normalized spacial score (nSPS) is 15.6. The van der Waals surface area contributed by atoms with Gasteiger partial charge in [-0.1, -0.05) is 48.5 Å². The summed E-state index contributed by atoms with van der Waals surface area (Å²) >= 11 is 3.43. The van der Waals surface area contributed by atoms with E-state index in [9.17, 15) is 4.79 Å². The smallest absolute Gasteiger partial charge is 0.264 e. The number of quaternary nitrogens is 1. The van der Waals surface area contributed by atoms with E-state index in [0.29, 0.717) is 0 Å². The third-order valence-corrected chi connectivity index (χ3v) is 7.72. The van der Waals surface area contributed by atoms with Crippen molar-refractivity contribution in [3.8, 4) is 0 Å². The van der Waals surface area contributed by atoms with Crippen LogP contribution in [0.3, 0.4) is 0 Å². The van der Waals surface area contributed by atoms with E-state index in [-0.39, 0.29) is 5.91 Å². The maximum Gasteiger partial charge on any atom is 0.264 e. The molecule has 1 amide bonds. The summed E-state index contributed by atoms with van der Waals surface area (Å²) in [6.45, 7) is 4.76. The lowest BCUT2D eigenvalue weighted by molar-refractivity contribution is -0.917. The van der Waals surface area contributed by atoms with Crippen LogP contribution >= 0.6 is 22.7 Å². The van der Waals surface area contributed by atoms with Crippen LogP contribution in [0.25, 0.3) is 19.5 Å². The number of benzene rings is 2. The number of hydrogen-bond acceptors (Lipinski definition) is 3. The van der Waals surface area contributed by atoms with Crippen LogP contribution in [-0.4, -0.2) is 37.0 Å². The average Bonchev–Trinajstić information content (AvgIpc) is 3.27. The zero-order valence-corrected chi connectivity index (χ0v) is 16.6. The molecule has 1 N–H and O–H groups in total. The van der Waals surface area contributed by atoms with Crippen LogP contribution in [0.15, 0.2) is 60.7 Å². The fourth-order valence-electron chi connectivity index (χ4n) is 3.85. The lowest BCUT2D eigenvalue weighted by atomic mass is 10.2. The predicted molar refractivity (Wildman–Crippen MR) is 114 cm³/mol. The Kier molecular flexibility index (Phi) is 4.44. The van der Waals surface area contributed by atoms with E-state index in [2.05, 4.69) is 60.7 Å². The molecule has 27 heavy (non-hydrogen) atoms. The molecule has 4 aromatic rings.